The van der Waals surface area contributed by atoms with Crippen molar-refractivity contribution in [2.24, 2.45) is 7.05 Å². The number of aliphatic hydroxyl groups is 2. The van der Waals surface area contributed by atoms with Gasteiger partial charge in [-0.3, -0.25) is 4.79 Å². The Morgan fingerprint density at radius 2 is 2.12 bits per heavy atom. The Morgan fingerprint density at radius 1 is 1.38 bits per heavy atom. The Balaban J connectivity index is 2.09. The molecular formula is C20H21NO5. The largest absolute Gasteiger partial charge is 0.496 e. The third-order valence-electron chi connectivity index (χ3n) is 5.29. The van der Waals surface area contributed by atoms with Crippen LogP contribution in [-0.2, 0) is 13.5 Å². The quantitative estimate of drug-likeness (QED) is 0.700. The van der Waals surface area contributed by atoms with Gasteiger partial charge >= 0.3 is 0 Å². The number of benzene rings is 2. The molecule has 1 aromatic heterocycles. The van der Waals surface area contributed by atoms with Crippen LogP contribution >= 0.6 is 0 Å². The molecule has 2 heterocycles. The summed E-state index contributed by atoms with van der Waals surface area (Å²) in [6.45, 7) is 1.12. The number of aliphatic hydroxyl groups excluding tert-OH is 1. The first-order valence-electron chi connectivity index (χ1n) is 8.50. The Bertz CT molecular complexity index is 1080. The molecule has 2 aromatic carbocycles. The molecule has 6 nitrogen and oxygen atoms in total. The van der Waals surface area contributed by atoms with Crippen molar-refractivity contribution in [1.82, 2.24) is 4.57 Å². The van der Waals surface area contributed by atoms with Gasteiger partial charge in [-0.15, -0.1) is 0 Å². The zero-order valence-corrected chi connectivity index (χ0v) is 14.9. The van der Waals surface area contributed by atoms with E-state index in [2.05, 4.69) is 0 Å². The average Bonchev–Trinajstić information content (AvgIpc) is 3.09. The summed E-state index contributed by atoms with van der Waals surface area (Å²) in [4.78, 5) is 13.1. The highest BCUT2D eigenvalue weighted by Crippen LogP contribution is 2.42. The Hall–Kier alpha value is -2.57. The summed E-state index contributed by atoms with van der Waals surface area (Å²) in [6, 6.07) is 9.14. The van der Waals surface area contributed by atoms with Crippen molar-refractivity contribution in [2.75, 3.05) is 13.7 Å². The van der Waals surface area contributed by atoms with Crippen molar-refractivity contribution in [3.63, 3.8) is 0 Å². The first-order valence-corrected chi connectivity index (χ1v) is 8.50. The molecule has 1 aliphatic rings. The molecule has 4 rings (SSSR count). The molecule has 6 heteroatoms. The van der Waals surface area contributed by atoms with E-state index in [4.69, 9.17) is 9.47 Å². The molecular weight excluding hydrogens is 334 g/mol. The van der Waals surface area contributed by atoms with Crippen LogP contribution in [0.5, 0.6) is 11.5 Å². The van der Waals surface area contributed by atoms with Crippen LogP contribution in [0.2, 0.25) is 0 Å². The molecule has 1 aliphatic heterocycles. The fourth-order valence-electron chi connectivity index (χ4n) is 3.76. The summed E-state index contributed by atoms with van der Waals surface area (Å²) in [5.41, 5.74) is 0.918. The second kappa shape index (κ2) is 5.72. The van der Waals surface area contributed by atoms with Crippen molar-refractivity contribution >= 4 is 21.8 Å². The van der Waals surface area contributed by atoms with Gasteiger partial charge in [-0.25, -0.2) is 0 Å². The summed E-state index contributed by atoms with van der Waals surface area (Å²) in [5, 5.41) is 21.0. The zero-order valence-electron chi connectivity index (χ0n) is 14.9. The number of nitrogens with zero attached hydrogens (tertiary/aromatic N) is 1. The van der Waals surface area contributed by atoms with Crippen LogP contribution in [0, 0.1) is 0 Å². The van der Waals surface area contributed by atoms with Gasteiger partial charge in [0.05, 0.1) is 30.1 Å². The number of aromatic nitrogens is 1. The van der Waals surface area contributed by atoms with Crippen LogP contribution in [0.1, 0.15) is 12.5 Å². The molecule has 0 spiro atoms. The van der Waals surface area contributed by atoms with Crippen LogP contribution in [0.15, 0.2) is 35.1 Å². The number of hydrogen-bond donors (Lipinski definition) is 2. The number of hydrogen-bond acceptors (Lipinski definition) is 5. The van der Waals surface area contributed by atoms with Crippen molar-refractivity contribution in [3.8, 4) is 11.5 Å². The normalized spacial score (nSPS) is 18.6. The molecule has 26 heavy (non-hydrogen) atoms. The van der Waals surface area contributed by atoms with Crippen LogP contribution in [0.4, 0.5) is 0 Å². The van der Waals surface area contributed by atoms with E-state index < -0.39 is 18.3 Å². The fourth-order valence-corrected chi connectivity index (χ4v) is 3.76. The summed E-state index contributed by atoms with van der Waals surface area (Å²) in [6.07, 6.45) is -0.200. The van der Waals surface area contributed by atoms with Crippen LogP contribution < -0.4 is 14.9 Å². The smallest absolute Gasteiger partial charge is 0.200 e. The lowest BCUT2D eigenvalue weighted by molar-refractivity contribution is -0.0729. The minimum Gasteiger partial charge on any atom is -0.496 e. The number of ether oxygens (including phenoxy) is 2. The van der Waals surface area contributed by atoms with Crippen molar-refractivity contribution in [1.29, 1.82) is 0 Å². The van der Waals surface area contributed by atoms with Gasteiger partial charge in [0.15, 0.2) is 0 Å². The van der Waals surface area contributed by atoms with E-state index >= 15 is 0 Å². The lowest BCUT2D eigenvalue weighted by atomic mass is 9.94. The predicted molar refractivity (Wildman–Crippen MR) is 99.1 cm³/mol. The van der Waals surface area contributed by atoms with Gasteiger partial charge in [-0.2, -0.15) is 0 Å². The van der Waals surface area contributed by atoms with Gasteiger partial charge in [-0.1, -0.05) is 12.1 Å². The van der Waals surface area contributed by atoms with Gasteiger partial charge in [0.2, 0.25) is 5.43 Å². The fraction of sp³-hybridized carbons (Fsp3) is 0.350. The van der Waals surface area contributed by atoms with Crippen molar-refractivity contribution in [2.45, 2.75) is 25.0 Å². The topological polar surface area (TPSA) is 80.9 Å². The van der Waals surface area contributed by atoms with Crippen molar-refractivity contribution < 1.29 is 19.7 Å². The number of methoxy groups -OCH3 is 1. The predicted octanol–water partition coefficient (Wildman–Crippen LogP) is 1.75. The van der Waals surface area contributed by atoms with E-state index in [1.807, 2.05) is 29.8 Å². The lowest BCUT2D eigenvalue weighted by Crippen LogP contribution is -2.45. The van der Waals surface area contributed by atoms with E-state index in [-0.39, 0.29) is 5.43 Å². The van der Waals surface area contributed by atoms with Crippen LogP contribution in [0.3, 0.4) is 0 Å². The third-order valence-corrected chi connectivity index (χ3v) is 5.29. The van der Waals surface area contributed by atoms with E-state index in [0.717, 1.165) is 16.6 Å². The van der Waals surface area contributed by atoms with Gasteiger partial charge in [0, 0.05) is 30.5 Å². The maximum Gasteiger partial charge on any atom is 0.200 e. The minimum absolute atomic E-state index is 0.0919. The number of aryl methyl sites for hydroxylation is 1. The van der Waals surface area contributed by atoms with E-state index in [9.17, 15) is 15.0 Å². The van der Waals surface area contributed by atoms with Crippen LogP contribution in [-0.4, -0.2) is 40.2 Å². The second-order valence-corrected chi connectivity index (χ2v) is 7.01. The highest BCUT2D eigenvalue weighted by molar-refractivity contribution is 5.99. The summed E-state index contributed by atoms with van der Waals surface area (Å²) < 4.78 is 13.4. The maximum atomic E-state index is 13.1. The molecule has 3 aromatic rings. The number of rotatable bonds is 3. The molecule has 0 radical (unpaired) electrons. The molecule has 0 saturated heterocycles. The first kappa shape index (κ1) is 16.9. The van der Waals surface area contributed by atoms with Gasteiger partial charge in [0.25, 0.3) is 0 Å². The first-order chi connectivity index (χ1) is 12.4. The van der Waals surface area contributed by atoms with Crippen LogP contribution in [0.25, 0.3) is 21.8 Å². The van der Waals surface area contributed by atoms with Gasteiger partial charge in [-0.05, 0) is 19.1 Å². The summed E-state index contributed by atoms with van der Waals surface area (Å²) in [5.74, 6) is 1.01. The molecule has 0 aliphatic carbocycles. The van der Waals surface area contributed by atoms with E-state index in [1.54, 1.807) is 12.1 Å². The van der Waals surface area contributed by atoms with Crippen molar-refractivity contribution in [3.05, 3.63) is 46.1 Å². The van der Waals surface area contributed by atoms with Gasteiger partial charge in [0.1, 0.15) is 23.2 Å². The maximum absolute atomic E-state index is 13.1. The van der Waals surface area contributed by atoms with Gasteiger partial charge < -0.3 is 24.3 Å². The van der Waals surface area contributed by atoms with E-state index in [0.29, 0.717) is 28.7 Å². The summed E-state index contributed by atoms with van der Waals surface area (Å²) >= 11 is 0. The molecule has 0 unspecified atom stereocenters. The molecule has 0 bridgehead atoms. The third kappa shape index (κ3) is 2.22. The van der Waals surface area contributed by atoms with E-state index in [1.165, 1.54) is 14.0 Å². The Kier molecular flexibility index (Phi) is 3.71. The molecule has 0 fully saturated rings. The number of pyridine rings is 1. The lowest BCUT2D eigenvalue weighted by Gasteiger charge is -2.26. The Labute approximate surface area is 150 Å². The summed E-state index contributed by atoms with van der Waals surface area (Å²) in [7, 11) is 3.42. The molecule has 136 valence electrons. The second-order valence-electron chi connectivity index (χ2n) is 7.01. The monoisotopic (exact) mass is 355 g/mol. The number of para-hydroxylation sites is 1. The average molecular weight is 355 g/mol. The molecule has 2 N–H and O–H groups in total. The molecule has 0 saturated carbocycles. The SMILES string of the molecule is COc1cc2c(c3c1c(=O)c1ccccc1n3C)C[C@H]([C@](C)(O)CO)O2. The number of fused-ring (bicyclic) bond motifs is 4. The standard InChI is InChI=1S/C20H21NO5/c1-20(24,10-22)16-8-12-14(26-16)9-15(25-3)17-18(12)21(2)13-7-5-4-6-11(13)19(17)23/h4-7,9,16,22,24H,8,10H2,1-3H3/t16-,20-/m1/s1. The molecule has 0 amide bonds. The zero-order chi connectivity index (χ0) is 18.6. The molecule has 2 atom stereocenters. The highest BCUT2D eigenvalue weighted by Gasteiger charge is 2.40. The highest BCUT2D eigenvalue weighted by atomic mass is 16.5. The Morgan fingerprint density at radius 3 is 2.81 bits per heavy atom. The minimum atomic E-state index is -1.38.